The van der Waals surface area contributed by atoms with Crippen LogP contribution in [0.25, 0.3) is 72.7 Å². The van der Waals surface area contributed by atoms with E-state index < -0.39 is 30.5 Å². The molecule has 1 N–H and O–H groups in total. The number of fused-ring (bicyclic) bond motifs is 1. The van der Waals surface area contributed by atoms with Gasteiger partial charge in [-0.2, -0.15) is 8.78 Å². The average molecular weight is 1070 g/mol. The summed E-state index contributed by atoms with van der Waals surface area (Å²) in [6.45, 7) is 37.8. The highest BCUT2D eigenvalue weighted by molar-refractivity contribution is 6.78. The summed E-state index contributed by atoms with van der Waals surface area (Å²) in [6, 6.07) is 40.8. The van der Waals surface area contributed by atoms with Crippen LogP contribution in [0.15, 0.2) is 128 Å². The summed E-state index contributed by atoms with van der Waals surface area (Å²) in [4.78, 5) is 10.7. The minimum Gasteiger partial charge on any atom is -0.507 e. The Labute approximate surface area is 463 Å². The van der Waals surface area contributed by atoms with Crippen molar-refractivity contribution in [2.75, 3.05) is 0 Å². The predicted molar refractivity (Wildman–Crippen MR) is 323 cm³/mol. The molecule has 0 fully saturated rings. The van der Waals surface area contributed by atoms with Crippen molar-refractivity contribution in [2.24, 2.45) is 0 Å². The molecule has 4 nitrogen and oxygen atoms in total. The summed E-state index contributed by atoms with van der Waals surface area (Å²) in [6.07, 6.45) is 1.75. The highest BCUT2D eigenvalue weighted by atomic mass is 28.3. The van der Waals surface area contributed by atoms with Gasteiger partial charge in [0, 0.05) is 34.0 Å². The summed E-state index contributed by atoms with van der Waals surface area (Å²) in [7, 11) is -3.66. The second-order valence-corrected chi connectivity index (χ2v) is 32.6. The number of halogens is 4. The van der Waals surface area contributed by atoms with Crippen molar-refractivity contribution in [1.29, 1.82) is 0 Å². The van der Waals surface area contributed by atoms with Gasteiger partial charge in [0.15, 0.2) is 0 Å². The first-order valence-corrected chi connectivity index (χ1v) is 31.1. The van der Waals surface area contributed by atoms with Gasteiger partial charge in [-0.05, 0) is 144 Å². The maximum absolute atomic E-state index is 16.3. The second kappa shape index (κ2) is 20.1. The van der Waals surface area contributed by atoms with E-state index in [0.29, 0.717) is 28.2 Å². The van der Waals surface area contributed by atoms with E-state index >= 15 is 17.6 Å². The zero-order valence-electron chi connectivity index (χ0n) is 49.6. The van der Waals surface area contributed by atoms with E-state index in [1.165, 1.54) is 37.3 Å². The molecule has 9 heteroatoms. The van der Waals surface area contributed by atoms with Gasteiger partial charge in [-0.15, -0.1) is 0 Å². The lowest BCUT2D eigenvalue weighted by Crippen LogP contribution is -2.55. The second-order valence-electron chi connectivity index (χ2n) is 27.4. The van der Waals surface area contributed by atoms with Crippen LogP contribution in [-0.2, 0) is 27.6 Å². The minimum atomic E-state index is -4.36. The van der Waals surface area contributed by atoms with E-state index in [9.17, 15) is 5.11 Å². The van der Waals surface area contributed by atoms with Crippen molar-refractivity contribution in [3.05, 3.63) is 166 Å². The molecular weight excluding hydrogens is 991 g/mol. The number of benzene rings is 6. The van der Waals surface area contributed by atoms with Crippen LogP contribution in [0.5, 0.6) is 5.75 Å². The number of aromatic hydroxyl groups is 1. The Morgan fingerprint density at radius 3 is 1.62 bits per heavy atom. The fraction of sp³-hybridized carbons (Fsp3) is 0.391. The number of alkyl halides is 4. The van der Waals surface area contributed by atoms with Gasteiger partial charge in [0.2, 0.25) is 0 Å². The Morgan fingerprint density at radius 2 is 1.06 bits per heavy atom. The van der Waals surface area contributed by atoms with E-state index in [-0.39, 0.29) is 33.8 Å². The third-order valence-corrected chi connectivity index (χ3v) is 17.7. The lowest BCUT2D eigenvalue weighted by atomic mass is 9.79. The Bertz CT molecular complexity index is 3520. The van der Waals surface area contributed by atoms with E-state index in [4.69, 9.17) is 9.97 Å². The molecule has 0 aliphatic carbocycles. The highest BCUT2D eigenvalue weighted by Gasteiger charge is 2.64. The number of phenols is 1. The number of rotatable bonds is 11. The molecule has 0 unspecified atom stereocenters. The van der Waals surface area contributed by atoms with Gasteiger partial charge in [-0.1, -0.05) is 191 Å². The van der Waals surface area contributed by atoms with Crippen molar-refractivity contribution in [3.63, 3.8) is 0 Å². The first-order valence-electron chi connectivity index (χ1n) is 27.6. The Hall–Kier alpha value is -6.32. The molecule has 6 aromatic carbocycles. The monoisotopic (exact) mass is 1070 g/mol. The number of nitrogens with zero attached hydrogens (tertiary/aromatic N) is 3. The highest BCUT2D eigenvalue weighted by Crippen LogP contribution is 2.52. The molecule has 78 heavy (non-hydrogen) atoms. The molecule has 0 bridgehead atoms. The van der Waals surface area contributed by atoms with Gasteiger partial charge < -0.3 is 5.11 Å². The van der Waals surface area contributed by atoms with Crippen LogP contribution in [-0.4, -0.2) is 33.3 Å². The largest absolute Gasteiger partial charge is 0.507 e. The standard InChI is InChI=1S/C69H81F4N3OSi/c1-41(2)52-38-50(68(70,71)69(72,73)78(17,18)19)39-53(42(3)4)60(52)44-30-31-74-57(35-44)46-32-45(33-48(34-46)65(8,9)10)51-26-23-27-59-61(51)75-63(55-37-49(66(11,12)13)40-56(62(55)77)67(14,15)16)76(59)58-29-28-47(64(5,6)7)36-54(58)43-24-21-20-22-25-43/h20-42,77H,1-19H3. The Kier molecular flexibility index (Phi) is 14.9. The lowest BCUT2D eigenvalue weighted by Gasteiger charge is -2.36. The summed E-state index contributed by atoms with van der Waals surface area (Å²) < 4.78 is 66.4. The molecule has 8 aromatic rings. The molecule has 0 radical (unpaired) electrons. The maximum Gasteiger partial charge on any atom is 0.331 e. The van der Waals surface area contributed by atoms with Crippen LogP contribution >= 0.6 is 0 Å². The van der Waals surface area contributed by atoms with E-state index in [1.807, 2.05) is 45.9 Å². The molecule has 410 valence electrons. The maximum atomic E-state index is 16.3. The van der Waals surface area contributed by atoms with Gasteiger partial charge in [0.1, 0.15) is 19.6 Å². The number of imidazole rings is 1. The molecule has 0 aliphatic heterocycles. The van der Waals surface area contributed by atoms with Crippen molar-refractivity contribution in [2.45, 2.75) is 175 Å². The molecule has 8 rings (SSSR count). The quantitative estimate of drug-likeness (QED) is 0.104. The normalized spacial score (nSPS) is 13.3. The van der Waals surface area contributed by atoms with Crippen LogP contribution in [0, 0.1) is 0 Å². The third kappa shape index (κ3) is 10.8. The van der Waals surface area contributed by atoms with Crippen LogP contribution < -0.4 is 0 Å². The number of para-hydroxylation sites is 1. The SMILES string of the molecule is CC(C)c1cc(C(F)(F)C(F)(F)[Si](C)(C)C)cc(C(C)C)c1-c1ccnc(-c2cc(-c3cccc4c3nc(-c3cc(C(C)(C)C)cc(C(C)(C)C)c3O)n4-c3ccc(C(C)(C)C)cc3-c3ccccc3)cc(C(C)(C)C)c2)c1. The molecule has 0 amide bonds. The van der Waals surface area contributed by atoms with Gasteiger partial charge in [-0.3, -0.25) is 9.55 Å². The number of pyridine rings is 1. The van der Waals surface area contributed by atoms with E-state index in [1.54, 1.807) is 6.20 Å². The smallest absolute Gasteiger partial charge is 0.331 e. The number of phenolic OH excluding ortho intramolecular Hbond substituents is 1. The van der Waals surface area contributed by atoms with Crippen molar-refractivity contribution in [3.8, 4) is 67.5 Å². The Balaban J connectivity index is 1.42. The zero-order chi connectivity index (χ0) is 57.6. The van der Waals surface area contributed by atoms with Crippen LogP contribution in [0.1, 0.15) is 162 Å². The summed E-state index contributed by atoms with van der Waals surface area (Å²) in [5.74, 6) is -4.07. The molecule has 2 heterocycles. The van der Waals surface area contributed by atoms with E-state index in [2.05, 4.69) is 179 Å². The number of aromatic nitrogens is 3. The lowest BCUT2D eigenvalue weighted by molar-refractivity contribution is -0.171. The van der Waals surface area contributed by atoms with E-state index in [0.717, 1.165) is 72.4 Å². The van der Waals surface area contributed by atoms with Crippen molar-refractivity contribution in [1.82, 2.24) is 14.5 Å². The van der Waals surface area contributed by atoms with Gasteiger partial charge in [0.25, 0.3) is 5.55 Å². The Morgan fingerprint density at radius 1 is 0.500 bits per heavy atom. The van der Waals surface area contributed by atoms with Gasteiger partial charge in [-0.25, -0.2) is 13.8 Å². The molecule has 0 saturated carbocycles. The molecule has 0 spiro atoms. The molecule has 0 saturated heterocycles. The first kappa shape index (κ1) is 57.8. The number of hydrogen-bond donors (Lipinski definition) is 1. The third-order valence-electron chi connectivity index (χ3n) is 15.5. The van der Waals surface area contributed by atoms with Gasteiger partial charge >= 0.3 is 5.92 Å². The van der Waals surface area contributed by atoms with Crippen LogP contribution in [0.4, 0.5) is 17.6 Å². The van der Waals surface area contributed by atoms with Gasteiger partial charge in [0.05, 0.1) is 28.0 Å². The summed E-state index contributed by atoms with van der Waals surface area (Å²) in [5.41, 5.74) is 9.57. The topological polar surface area (TPSA) is 50.9 Å². The predicted octanol–water partition coefficient (Wildman–Crippen LogP) is 20.5. The van der Waals surface area contributed by atoms with Crippen molar-refractivity contribution < 1.29 is 22.7 Å². The fourth-order valence-corrected chi connectivity index (χ4v) is 11.6. The first-order chi connectivity index (χ1) is 35.9. The molecular formula is C69H81F4N3OSi. The molecule has 2 aromatic heterocycles. The number of hydrogen-bond acceptors (Lipinski definition) is 3. The molecule has 0 atom stereocenters. The fourth-order valence-electron chi connectivity index (χ4n) is 10.5. The molecule has 0 aliphatic rings. The van der Waals surface area contributed by atoms with Crippen LogP contribution in [0.2, 0.25) is 19.6 Å². The van der Waals surface area contributed by atoms with Crippen molar-refractivity contribution >= 4 is 19.1 Å². The summed E-state index contributed by atoms with van der Waals surface area (Å²) in [5, 5.41) is 12.7. The zero-order valence-corrected chi connectivity index (χ0v) is 50.6. The minimum absolute atomic E-state index is 0.135. The summed E-state index contributed by atoms with van der Waals surface area (Å²) >= 11 is 0. The van der Waals surface area contributed by atoms with Crippen LogP contribution in [0.3, 0.4) is 0 Å². The average Bonchev–Trinajstić information content (AvgIpc) is 3.85.